The molecule has 0 radical (unpaired) electrons. The summed E-state index contributed by atoms with van der Waals surface area (Å²) < 4.78 is 11.0. The lowest BCUT2D eigenvalue weighted by molar-refractivity contribution is 0.207. The number of furan rings is 2. The molecule has 0 unspecified atom stereocenters. The van der Waals surface area contributed by atoms with Crippen molar-refractivity contribution in [3.8, 4) is 10.8 Å². The van der Waals surface area contributed by atoms with Gasteiger partial charge in [-0.15, -0.1) is 11.3 Å². The van der Waals surface area contributed by atoms with Crippen LogP contribution in [0.1, 0.15) is 17.2 Å². The molecule has 6 nitrogen and oxygen atoms in total. The smallest absolute Gasteiger partial charge is 0.188 e. The Hall–Kier alpha value is -2.77. The SMILES string of the molecule is c1cnc(-c2nc(CN(Cc3ccco3)Cc3ccco3)cs2)nc1. The summed E-state index contributed by atoms with van der Waals surface area (Å²) in [7, 11) is 0. The standard InChI is InChI=1S/C18H16N4O2S/c1-4-15(23-8-1)11-22(12-16-5-2-9-24-16)10-14-13-25-18(21-14)17-19-6-3-7-20-17/h1-9,13H,10-12H2. The minimum absolute atomic E-state index is 0.655. The highest BCUT2D eigenvalue weighted by molar-refractivity contribution is 7.13. The van der Waals surface area contributed by atoms with E-state index in [4.69, 9.17) is 8.83 Å². The molecule has 0 aliphatic heterocycles. The average molecular weight is 352 g/mol. The molecule has 4 heterocycles. The Balaban J connectivity index is 1.50. The summed E-state index contributed by atoms with van der Waals surface area (Å²) in [5.41, 5.74) is 0.977. The first kappa shape index (κ1) is 15.7. The van der Waals surface area contributed by atoms with E-state index in [-0.39, 0.29) is 0 Å². The van der Waals surface area contributed by atoms with Gasteiger partial charge in [0.25, 0.3) is 0 Å². The fourth-order valence-corrected chi connectivity index (χ4v) is 3.29. The number of hydrogen-bond acceptors (Lipinski definition) is 7. The second-order valence-electron chi connectivity index (χ2n) is 5.52. The molecule has 0 spiro atoms. The van der Waals surface area contributed by atoms with Crippen molar-refractivity contribution in [2.45, 2.75) is 19.6 Å². The van der Waals surface area contributed by atoms with Crippen molar-refractivity contribution in [3.05, 3.63) is 77.8 Å². The number of thiazole rings is 1. The molecule has 0 saturated heterocycles. The van der Waals surface area contributed by atoms with E-state index in [1.54, 1.807) is 42.3 Å². The van der Waals surface area contributed by atoms with Crippen molar-refractivity contribution >= 4 is 11.3 Å². The van der Waals surface area contributed by atoms with E-state index in [1.807, 2.05) is 29.6 Å². The number of nitrogens with zero attached hydrogens (tertiary/aromatic N) is 4. The fraction of sp³-hybridized carbons (Fsp3) is 0.167. The molecule has 4 rings (SSSR count). The lowest BCUT2D eigenvalue weighted by Gasteiger charge is -2.18. The maximum absolute atomic E-state index is 5.49. The Bertz CT molecular complexity index is 852. The maximum Gasteiger partial charge on any atom is 0.188 e. The quantitative estimate of drug-likeness (QED) is 0.501. The van der Waals surface area contributed by atoms with E-state index < -0.39 is 0 Å². The topological polar surface area (TPSA) is 68.2 Å². The van der Waals surface area contributed by atoms with Crippen LogP contribution in [0, 0.1) is 0 Å². The zero-order valence-electron chi connectivity index (χ0n) is 13.4. The Morgan fingerprint density at radius 1 is 0.880 bits per heavy atom. The first-order valence-corrected chi connectivity index (χ1v) is 8.74. The average Bonchev–Trinajstić information content (AvgIpc) is 3.38. The van der Waals surface area contributed by atoms with Crippen LogP contribution in [0.5, 0.6) is 0 Å². The van der Waals surface area contributed by atoms with Gasteiger partial charge in [0.05, 0.1) is 31.3 Å². The molecule has 126 valence electrons. The summed E-state index contributed by atoms with van der Waals surface area (Å²) in [4.78, 5) is 15.4. The molecular formula is C18H16N4O2S. The predicted molar refractivity (Wildman–Crippen MR) is 93.5 cm³/mol. The van der Waals surface area contributed by atoms with Gasteiger partial charge in [-0.25, -0.2) is 15.0 Å². The minimum atomic E-state index is 0.655. The lowest BCUT2D eigenvalue weighted by atomic mass is 10.3. The van der Waals surface area contributed by atoms with Gasteiger partial charge in [0.1, 0.15) is 11.5 Å². The van der Waals surface area contributed by atoms with Gasteiger partial charge in [-0.3, -0.25) is 4.90 Å². The predicted octanol–water partition coefficient (Wildman–Crippen LogP) is 3.99. The molecule has 0 atom stereocenters. The van der Waals surface area contributed by atoms with Crippen LogP contribution in [-0.2, 0) is 19.6 Å². The highest BCUT2D eigenvalue weighted by atomic mass is 32.1. The van der Waals surface area contributed by atoms with Gasteiger partial charge < -0.3 is 8.83 Å². The lowest BCUT2D eigenvalue weighted by Crippen LogP contribution is -2.22. The van der Waals surface area contributed by atoms with Crippen LogP contribution in [0.2, 0.25) is 0 Å². The second-order valence-corrected chi connectivity index (χ2v) is 6.38. The van der Waals surface area contributed by atoms with E-state index >= 15 is 0 Å². The van der Waals surface area contributed by atoms with Gasteiger partial charge >= 0.3 is 0 Å². The van der Waals surface area contributed by atoms with Crippen molar-refractivity contribution in [1.82, 2.24) is 19.9 Å². The fourth-order valence-electron chi connectivity index (χ4n) is 2.53. The molecule has 0 aliphatic rings. The van der Waals surface area contributed by atoms with Crippen molar-refractivity contribution in [2.24, 2.45) is 0 Å². The number of hydrogen-bond donors (Lipinski definition) is 0. The van der Waals surface area contributed by atoms with Gasteiger partial charge in [0.15, 0.2) is 10.8 Å². The van der Waals surface area contributed by atoms with Crippen molar-refractivity contribution in [3.63, 3.8) is 0 Å². The minimum Gasteiger partial charge on any atom is -0.468 e. The molecule has 0 aromatic carbocycles. The van der Waals surface area contributed by atoms with Crippen LogP contribution in [0.25, 0.3) is 10.8 Å². The summed E-state index contributed by atoms with van der Waals surface area (Å²) in [5, 5.41) is 2.87. The maximum atomic E-state index is 5.49. The molecule has 7 heteroatoms. The van der Waals surface area contributed by atoms with Crippen LogP contribution < -0.4 is 0 Å². The van der Waals surface area contributed by atoms with Crippen molar-refractivity contribution < 1.29 is 8.83 Å². The highest BCUT2D eigenvalue weighted by Crippen LogP contribution is 2.22. The van der Waals surface area contributed by atoms with Crippen LogP contribution in [-0.4, -0.2) is 19.9 Å². The number of rotatable bonds is 7. The number of aromatic nitrogens is 3. The first-order chi connectivity index (χ1) is 12.4. The van der Waals surface area contributed by atoms with Crippen LogP contribution >= 0.6 is 11.3 Å². The van der Waals surface area contributed by atoms with E-state index in [2.05, 4.69) is 19.9 Å². The molecule has 4 aromatic rings. The second kappa shape index (κ2) is 7.42. The van der Waals surface area contributed by atoms with E-state index in [1.165, 1.54) is 0 Å². The summed E-state index contributed by atoms with van der Waals surface area (Å²) in [5.74, 6) is 2.48. The normalized spacial score (nSPS) is 11.2. The molecule has 0 fully saturated rings. The highest BCUT2D eigenvalue weighted by Gasteiger charge is 2.14. The molecule has 0 N–H and O–H groups in total. The molecule has 25 heavy (non-hydrogen) atoms. The van der Waals surface area contributed by atoms with Gasteiger partial charge in [-0.2, -0.15) is 0 Å². The summed E-state index contributed by atoms with van der Waals surface area (Å²) in [6, 6.07) is 9.54. The van der Waals surface area contributed by atoms with E-state index in [0.717, 1.165) is 22.2 Å². The van der Waals surface area contributed by atoms with Gasteiger partial charge in [0, 0.05) is 24.3 Å². The molecule has 0 bridgehead atoms. The van der Waals surface area contributed by atoms with E-state index in [9.17, 15) is 0 Å². The monoisotopic (exact) mass is 352 g/mol. The molecular weight excluding hydrogens is 336 g/mol. The largest absolute Gasteiger partial charge is 0.468 e. The van der Waals surface area contributed by atoms with Gasteiger partial charge in [-0.05, 0) is 30.3 Å². The Morgan fingerprint density at radius 3 is 2.16 bits per heavy atom. The molecule has 0 saturated carbocycles. The van der Waals surface area contributed by atoms with Crippen molar-refractivity contribution in [2.75, 3.05) is 0 Å². The molecule has 0 amide bonds. The van der Waals surface area contributed by atoms with E-state index in [0.29, 0.717) is 25.5 Å². The Morgan fingerprint density at radius 2 is 1.56 bits per heavy atom. The third kappa shape index (κ3) is 4.01. The third-order valence-corrected chi connectivity index (χ3v) is 4.50. The van der Waals surface area contributed by atoms with Crippen LogP contribution in [0.3, 0.4) is 0 Å². The first-order valence-electron chi connectivity index (χ1n) is 7.86. The van der Waals surface area contributed by atoms with Gasteiger partial charge in [0.2, 0.25) is 0 Å². The molecule has 0 aliphatic carbocycles. The zero-order valence-corrected chi connectivity index (χ0v) is 14.2. The summed E-state index contributed by atoms with van der Waals surface area (Å²) in [6.07, 6.45) is 6.83. The summed E-state index contributed by atoms with van der Waals surface area (Å²) >= 11 is 1.55. The third-order valence-electron chi connectivity index (χ3n) is 3.61. The molecule has 4 aromatic heterocycles. The van der Waals surface area contributed by atoms with Crippen LogP contribution in [0.15, 0.2) is 69.5 Å². The van der Waals surface area contributed by atoms with Crippen molar-refractivity contribution in [1.29, 1.82) is 0 Å². The van der Waals surface area contributed by atoms with Crippen LogP contribution in [0.4, 0.5) is 0 Å². The zero-order chi connectivity index (χ0) is 16.9. The summed E-state index contributed by atoms with van der Waals surface area (Å²) in [6.45, 7) is 2.05. The van der Waals surface area contributed by atoms with Gasteiger partial charge in [-0.1, -0.05) is 0 Å². The Kier molecular flexibility index (Phi) is 4.67. The Labute approximate surface area is 148 Å².